The number of ether oxygens (including phenoxy) is 1. The van der Waals surface area contributed by atoms with E-state index in [1.54, 1.807) is 25.4 Å². The molecule has 244 valence electrons. The summed E-state index contributed by atoms with van der Waals surface area (Å²) < 4.78 is 47.9. The van der Waals surface area contributed by atoms with Gasteiger partial charge in [-0.05, 0) is 89.8 Å². The fraction of sp³-hybridized carbons (Fsp3) is 0.222. The molecule has 11 heteroatoms. The van der Waals surface area contributed by atoms with Gasteiger partial charge in [0.2, 0.25) is 11.8 Å². The highest BCUT2D eigenvalue weighted by Crippen LogP contribution is 2.24. The average Bonchev–Trinajstić information content (AvgIpc) is 3.42. The number of hydrogen-bond donors (Lipinski definition) is 2. The molecule has 1 heterocycles. The molecule has 0 saturated carbocycles. The largest absolute Gasteiger partial charge is 0.497 e. The van der Waals surface area contributed by atoms with E-state index in [1.165, 1.54) is 29.2 Å². The fourth-order valence-corrected chi connectivity index (χ4v) is 5.87. The minimum atomic E-state index is -0.714. The molecule has 1 atom stereocenters. The Bertz CT molecular complexity index is 1830. The van der Waals surface area contributed by atoms with Crippen LogP contribution in [0, 0.1) is 17.5 Å². The first kappa shape index (κ1) is 33.6. The van der Waals surface area contributed by atoms with Crippen LogP contribution in [0.15, 0.2) is 95.6 Å². The number of benzene rings is 4. The Kier molecular flexibility index (Phi) is 10.9. The zero-order valence-corrected chi connectivity index (χ0v) is 27.5. The van der Waals surface area contributed by atoms with Gasteiger partial charge in [0.25, 0.3) is 0 Å². The highest BCUT2D eigenvalue weighted by molar-refractivity contribution is 9.10. The maximum Gasteiger partial charge on any atom is 0.239 e. The zero-order valence-electron chi connectivity index (χ0n) is 25.9. The van der Waals surface area contributed by atoms with Crippen molar-refractivity contribution in [1.82, 2.24) is 15.2 Å². The topological polar surface area (TPSA) is 77.7 Å². The quantitative estimate of drug-likeness (QED) is 0.141. The second kappa shape index (κ2) is 15.2. The first-order chi connectivity index (χ1) is 22.6. The van der Waals surface area contributed by atoms with Crippen molar-refractivity contribution in [3.63, 3.8) is 0 Å². The molecule has 0 spiro atoms. The summed E-state index contributed by atoms with van der Waals surface area (Å²) in [6.45, 7) is 0.0823. The fourth-order valence-electron chi connectivity index (χ4n) is 5.51. The van der Waals surface area contributed by atoms with Gasteiger partial charge < -0.3 is 24.8 Å². The number of H-pyrrole nitrogens is 1. The molecule has 0 bridgehead atoms. The number of carbonyl (C=O) groups excluding carboxylic acids is 2. The molecule has 0 fully saturated rings. The van der Waals surface area contributed by atoms with Crippen molar-refractivity contribution in [3.05, 3.63) is 130 Å². The lowest BCUT2D eigenvalue weighted by Gasteiger charge is -2.28. The number of aromatic nitrogens is 1. The van der Waals surface area contributed by atoms with Crippen molar-refractivity contribution in [2.24, 2.45) is 0 Å². The first-order valence-corrected chi connectivity index (χ1v) is 15.7. The van der Waals surface area contributed by atoms with E-state index in [0.717, 1.165) is 32.7 Å². The van der Waals surface area contributed by atoms with Gasteiger partial charge in [-0.1, -0.05) is 28.1 Å². The third kappa shape index (κ3) is 9.16. The van der Waals surface area contributed by atoms with E-state index < -0.39 is 29.4 Å². The number of halogens is 4. The predicted molar refractivity (Wildman–Crippen MR) is 180 cm³/mol. The maximum atomic E-state index is 14.1. The number of aromatic amines is 1. The van der Waals surface area contributed by atoms with Crippen LogP contribution < -0.4 is 15.0 Å². The average molecular weight is 708 g/mol. The summed E-state index contributed by atoms with van der Waals surface area (Å²) in [7, 11) is 3.42. The van der Waals surface area contributed by atoms with Crippen LogP contribution in [-0.2, 0) is 29.0 Å². The SMILES string of the molecule is COc1ccc(N(C)C[C@H](Cc2cc(F)cc(F)c2)NC(=O)CN(Cc2ccc(F)cc2)C(=O)Cc2c[nH]c3ccc(Br)cc23)cc1. The molecule has 2 N–H and O–H groups in total. The number of hydrogen-bond acceptors (Lipinski definition) is 4. The lowest BCUT2D eigenvalue weighted by Crippen LogP contribution is -2.48. The van der Waals surface area contributed by atoms with Crippen molar-refractivity contribution in [3.8, 4) is 5.75 Å². The van der Waals surface area contributed by atoms with Gasteiger partial charge in [0, 0.05) is 53.5 Å². The van der Waals surface area contributed by atoms with E-state index in [1.807, 2.05) is 54.4 Å². The molecule has 0 unspecified atom stereocenters. The van der Waals surface area contributed by atoms with Gasteiger partial charge in [-0.3, -0.25) is 9.59 Å². The zero-order chi connectivity index (χ0) is 33.5. The monoisotopic (exact) mass is 706 g/mol. The second-order valence-corrected chi connectivity index (χ2v) is 12.3. The molecule has 0 radical (unpaired) electrons. The van der Waals surface area contributed by atoms with Crippen LogP contribution in [0.25, 0.3) is 10.9 Å². The van der Waals surface area contributed by atoms with Gasteiger partial charge in [-0.15, -0.1) is 0 Å². The van der Waals surface area contributed by atoms with Gasteiger partial charge in [0.1, 0.15) is 23.2 Å². The Balaban J connectivity index is 1.36. The lowest BCUT2D eigenvalue weighted by atomic mass is 10.0. The number of anilines is 1. The van der Waals surface area contributed by atoms with Crippen LogP contribution in [0.3, 0.4) is 0 Å². The molecule has 0 aliphatic rings. The minimum absolute atomic E-state index is 0.0249. The molecule has 0 saturated heterocycles. The lowest BCUT2D eigenvalue weighted by molar-refractivity contribution is -0.136. The highest BCUT2D eigenvalue weighted by atomic mass is 79.9. The summed E-state index contributed by atoms with van der Waals surface area (Å²) in [6, 6.07) is 21.5. The van der Waals surface area contributed by atoms with E-state index in [2.05, 4.69) is 26.2 Å². The summed E-state index contributed by atoms with van der Waals surface area (Å²) in [4.78, 5) is 33.9. The number of likely N-dealkylation sites (N-methyl/N-ethyl adjacent to an activating group) is 1. The van der Waals surface area contributed by atoms with Crippen molar-refractivity contribution < 1.29 is 27.5 Å². The number of fused-ring (bicyclic) bond motifs is 1. The number of methoxy groups -OCH3 is 1. The first-order valence-electron chi connectivity index (χ1n) is 14.9. The van der Waals surface area contributed by atoms with Crippen LogP contribution in [0.1, 0.15) is 16.7 Å². The van der Waals surface area contributed by atoms with Crippen LogP contribution in [0.4, 0.5) is 18.9 Å². The molecule has 5 rings (SSSR count). The normalized spacial score (nSPS) is 11.7. The smallest absolute Gasteiger partial charge is 0.239 e. The minimum Gasteiger partial charge on any atom is -0.497 e. The van der Waals surface area contributed by atoms with Crippen molar-refractivity contribution >= 4 is 44.3 Å². The van der Waals surface area contributed by atoms with E-state index in [4.69, 9.17) is 4.74 Å². The van der Waals surface area contributed by atoms with E-state index >= 15 is 0 Å². The molecule has 0 aliphatic carbocycles. The molecule has 0 aliphatic heterocycles. The molecule has 2 amide bonds. The van der Waals surface area contributed by atoms with Gasteiger partial charge in [-0.25, -0.2) is 13.2 Å². The number of amides is 2. The van der Waals surface area contributed by atoms with Crippen molar-refractivity contribution in [1.29, 1.82) is 0 Å². The van der Waals surface area contributed by atoms with Crippen molar-refractivity contribution in [2.75, 3.05) is 32.1 Å². The van der Waals surface area contributed by atoms with Crippen LogP contribution in [-0.4, -0.2) is 55.0 Å². The molecule has 7 nitrogen and oxygen atoms in total. The van der Waals surface area contributed by atoms with Crippen molar-refractivity contribution in [2.45, 2.75) is 25.4 Å². The van der Waals surface area contributed by atoms with Crippen LogP contribution in [0.5, 0.6) is 5.75 Å². The molecular formula is C36H34BrF3N4O3. The Morgan fingerprint density at radius 1 is 0.894 bits per heavy atom. The Morgan fingerprint density at radius 3 is 2.28 bits per heavy atom. The van der Waals surface area contributed by atoms with Crippen LogP contribution in [0.2, 0.25) is 0 Å². The Morgan fingerprint density at radius 2 is 1.60 bits per heavy atom. The number of nitrogens with zero attached hydrogens (tertiary/aromatic N) is 2. The number of carbonyl (C=O) groups is 2. The summed E-state index contributed by atoms with van der Waals surface area (Å²) in [5.41, 5.74) is 3.51. The molecule has 1 aromatic heterocycles. The Labute approximate surface area is 279 Å². The predicted octanol–water partition coefficient (Wildman–Crippen LogP) is 6.79. The summed E-state index contributed by atoms with van der Waals surface area (Å²) in [5.74, 6) is -1.90. The van der Waals surface area contributed by atoms with E-state index in [9.17, 15) is 22.8 Å². The van der Waals surface area contributed by atoms with Gasteiger partial charge in [0.05, 0.1) is 26.1 Å². The standard InChI is InChI=1S/C36H34BrF3N4O3/c1-43(31-8-10-32(47-2)11-9-31)21-30(15-24-13-28(39)18-29(40)14-24)42-35(45)22-44(20-23-3-6-27(38)7-4-23)36(46)16-25-19-41-34-12-5-26(37)17-33(25)34/h3-14,17-19,30,41H,15-16,20-22H2,1-2H3,(H,42,45)/t30-/m0/s1. The maximum absolute atomic E-state index is 14.1. The summed E-state index contributed by atoms with van der Waals surface area (Å²) >= 11 is 3.48. The molecule has 4 aromatic carbocycles. The van der Waals surface area contributed by atoms with Crippen LogP contribution >= 0.6 is 15.9 Å². The summed E-state index contributed by atoms with van der Waals surface area (Å²) in [5, 5.41) is 3.87. The number of nitrogens with one attached hydrogen (secondary N) is 2. The number of rotatable bonds is 13. The molecule has 5 aromatic rings. The highest BCUT2D eigenvalue weighted by Gasteiger charge is 2.23. The van der Waals surface area contributed by atoms with E-state index in [0.29, 0.717) is 23.4 Å². The van der Waals surface area contributed by atoms with Gasteiger partial charge >= 0.3 is 0 Å². The van der Waals surface area contributed by atoms with Gasteiger partial charge in [0.15, 0.2) is 0 Å². The second-order valence-electron chi connectivity index (χ2n) is 11.4. The third-order valence-electron chi connectivity index (χ3n) is 7.82. The summed E-state index contributed by atoms with van der Waals surface area (Å²) in [6.07, 6.45) is 1.93. The third-order valence-corrected chi connectivity index (χ3v) is 8.32. The molecular weight excluding hydrogens is 673 g/mol. The van der Waals surface area contributed by atoms with Gasteiger partial charge in [-0.2, -0.15) is 0 Å². The van der Waals surface area contributed by atoms with E-state index in [-0.39, 0.29) is 31.8 Å². The Hall–Kier alpha value is -4.77. The molecule has 47 heavy (non-hydrogen) atoms.